The first kappa shape index (κ1) is 21.5. The largest absolute Gasteiger partial charge is 0.326 e. The van der Waals surface area contributed by atoms with Gasteiger partial charge in [-0.1, -0.05) is 17.7 Å². The Balaban J connectivity index is 1.56. The average Bonchev–Trinajstić information content (AvgIpc) is 3.02. The first-order valence-electron chi connectivity index (χ1n) is 9.29. The minimum Gasteiger partial charge on any atom is -0.326 e. The number of likely N-dealkylation sites (N-methyl/N-ethyl adjacent to an activating group) is 1. The summed E-state index contributed by atoms with van der Waals surface area (Å²) in [4.78, 5) is 38.1. The fraction of sp³-hybridized carbons (Fsp3) is 0.238. The first-order valence-corrected chi connectivity index (χ1v) is 9.67. The van der Waals surface area contributed by atoms with E-state index in [9.17, 15) is 14.4 Å². The molecule has 0 bridgehead atoms. The molecule has 3 rings (SSSR count). The van der Waals surface area contributed by atoms with Crippen molar-refractivity contribution < 1.29 is 14.4 Å². The second-order valence-electron chi connectivity index (χ2n) is 7.12. The highest BCUT2D eigenvalue weighted by Gasteiger charge is 2.26. The number of benzene rings is 2. The van der Waals surface area contributed by atoms with Gasteiger partial charge in [0.2, 0.25) is 11.8 Å². The van der Waals surface area contributed by atoms with Gasteiger partial charge in [0.05, 0.1) is 30.8 Å². The number of anilines is 3. The molecule has 0 fully saturated rings. The number of carbonyl (C=O) groups excluding carboxylic acids is 3. The van der Waals surface area contributed by atoms with Crippen molar-refractivity contribution in [1.82, 2.24) is 4.90 Å². The highest BCUT2D eigenvalue weighted by atomic mass is 35.5. The summed E-state index contributed by atoms with van der Waals surface area (Å²) in [6.45, 7) is 0.283. The monoisotopic (exact) mass is 427 g/mol. The van der Waals surface area contributed by atoms with Crippen LogP contribution in [-0.2, 0) is 14.4 Å². The van der Waals surface area contributed by atoms with Crippen LogP contribution in [0.15, 0.2) is 53.6 Å². The number of nitrogens with one attached hydrogen (secondary N) is 2. The molecule has 2 N–H and O–H groups in total. The molecule has 2 aromatic rings. The van der Waals surface area contributed by atoms with Crippen molar-refractivity contribution in [3.8, 4) is 0 Å². The van der Waals surface area contributed by atoms with Crippen molar-refractivity contribution in [1.29, 1.82) is 0 Å². The fourth-order valence-corrected chi connectivity index (χ4v) is 3.09. The van der Waals surface area contributed by atoms with Crippen LogP contribution in [0, 0.1) is 0 Å². The van der Waals surface area contributed by atoms with Crippen molar-refractivity contribution in [3.63, 3.8) is 0 Å². The molecule has 9 heteroatoms. The lowest BCUT2D eigenvalue weighted by molar-refractivity contribution is -0.117. The van der Waals surface area contributed by atoms with E-state index in [1.165, 1.54) is 5.01 Å². The van der Waals surface area contributed by atoms with E-state index in [0.717, 1.165) is 0 Å². The summed E-state index contributed by atoms with van der Waals surface area (Å²) in [6, 6.07) is 13.6. The Morgan fingerprint density at radius 3 is 2.30 bits per heavy atom. The highest BCUT2D eigenvalue weighted by molar-refractivity contribution is 6.31. The molecular weight excluding hydrogens is 406 g/mol. The summed E-state index contributed by atoms with van der Waals surface area (Å²) in [6.07, 6.45) is 0.0842. The Bertz CT molecular complexity index is 988. The first-order chi connectivity index (χ1) is 14.3. The maximum Gasteiger partial charge on any atom is 0.253 e. The van der Waals surface area contributed by atoms with Crippen molar-refractivity contribution in [2.24, 2.45) is 5.10 Å². The Morgan fingerprint density at radius 1 is 1.07 bits per heavy atom. The molecule has 2 aromatic carbocycles. The number of halogens is 1. The predicted octanol–water partition coefficient (Wildman–Crippen LogP) is 2.96. The molecule has 0 saturated carbocycles. The zero-order chi connectivity index (χ0) is 21.7. The quantitative estimate of drug-likeness (QED) is 0.710. The molecular formula is C21H22ClN5O3. The number of hydrogen-bond acceptors (Lipinski definition) is 5. The number of nitrogens with zero attached hydrogens (tertiary/aromatic N) is 3. The average molecular weight is 428 g/mol. The molecule has 0 spiro atoms. The molecule has 156 valence electrons. The van der Waals surface area contributed by atoms with Gasteiger partial charge in [0.15, 0.2) is 0 Å². The van der Waals surface area contributed by atoms with E-state index >= 15 is 0 Å². The molecule has 1 aliphatic heterocycles. The lowest BCUT2D eigenvalue weighted by Gasteiger charge is -2.11. The second-order valence-corrected chi connectivity index (χ2v) is 7.55. The van der Waals surface area contributed by atoms with Gasteiger partial charge in [0.25, 0.3) is 5.91 Å². The van der Waals surface area contributed by atoms with Crippen LogP contribution in [0.3, 0.4) is 0 Å². The van der Waals surface area contributed by atoms with Crippen LogP contribution in [0.1, 0.15) is 12.8 Å². The Labute approximate surface area is 179 Å². The third kappa shape index (κ3) is 5.88. The van der Waals surface area contributed by atoms with E-state index in [4.69, 9.17) is 11.6 Å². The Kier molecular flexibility index (Phi) is 6.81. The second kappa shape index (κ2) is 9.51. The van der Waals surface area contributed by atoms with Gasteiger partial charge in [-0.05, 0) is 56.6 Å². The summed E-state index contributed by atoms with van der Waals surface area (Å²) in [5, 5.41) is 11.6. The van der Waals surface area contributed by atoms with E-state index in [2.05, 4.69) is 15.7 Å². The maximum atomic E-state index is 12.3. The van der Waals surface area contributed by atoms with Gasteiger partial charge in [-0.15, -0.1) is 0 Å². The van der Waals surface area contributed by atoms with Gasteiger partial charge in [0.1, 0.15) is 0 Å². The summed E-state index contributed by atoms with van der Waals surface area (Å²) >= 11 is 5.97. The van der Waals surface area contributed by atoms with Crippen LogP contribution < -0.4 is 15.6 Å². The number of hydrazone groups is 1. The number of hydrogen-bond donors (Lipinski definition) is 2. The minimum absolute atomic E-state index is 0.00410. The maximum absolute atomic E-state index is 12.3. The predicted molar refractivity (Wildman–Crippen MR) is 118 cm³/mol. The minimum atomic E-state index is -0.279. The normalized spacial score (nSPS) is 13.4. The molecule has 3 amide bonds. The van der Waals surface area contributed by atoms with E-state index < -0.39 is 0 Å². The van der Waals surface area contributed by atoms with E-state index in [0.29, 0.717) is 27.8 Å². The van der Waals surface area contributed by atoms with Crippen LogP contribution in [0.4, 0.5) is 17.1 Å². The molecule has 0 aromatic heterocycles. The summed E-state index contributed by atoms with van der Waals surface area (Å²) in [7, 11) is 3.63. The number of amides is 3. The SMILES string of the molecule is CN(C)CC(=O)Nc1ccc(NC(=O)CC2=NN(c3cccc(Cl)c3)C(=O)C2)cc1. The fourth-order valence-electron chi connectivity index (χ4n) is 2.90. The highest BCUT2D eigenvalue weighted by Crippen LogP contribution is 2.24. The van der Waals surface area contributed by atoms with Gasteiger partial charge in [0, 0.05) is 16.4 Å². The van der Waals surface area contributed by atoms with Crippen LogP contribution in [0.25, 0.3) is 0 Å². The van der Waals surface area contributed by atoms with E-state index in [1.807, 2.05) is 14.1 Å². The van der Waals surface area contributed by atoms with Crippen LogP contribution in [0.5, 0.6) is 0 Å². The third-order valence-corrected chi connectivity index (χ3v) is 4.40. The summed E-state index contributed by atoms with van der Waals surface area (Å²) in [5.41, 5.74) is 2.27. The van der Waals surface area contributed by atoms with Crippen molar-refractivity contribution in [3.05, 3.63) is 53.6 Å². The van der Waals surface area contributed by atoms with Crippen molar-refractivity contribution >= 4 is 52.1 Å². The zero-order valence-electron chi connectivity index (χ0n) is 16.7. The number of carbonyl (C=O) groups is 3. The molecule has 0 aliphatic carbocycles. The summed E-state index contributed by atoms with van der Waals surface area (Å²) < 4.78 is 0. The van der Waals surface area contributed by atoms with Gasteiger partial charge >= 0.3 is 0 Å². The molecule has 1 heterocycles. The van der Waals surface area contributed by atoms with E-state index in [-0.39, 0.29) is 37.1 Å². The molecule has 1 aliphatic rings. The molecule has 0 unspecified atom stereocenters. The zero-order valence-corrected chi connectivity index (χ0v) is 17.4. The van der Waals surface area contributed by atoms with Crippen molar-refractivity contribution in [2.75, 3.05) is 36.3 Å². The van der Waals surface area contributed by atoms with Crippen LogP contribution in [0.2, 0.25) is 5.02 Å². The van der Waals surface area contributed by atoms with Crippen molar-refractivity contribution in [2.45, 2.75) is 12.8 Å². The van der Waals surface area contributed by atoms with Gasteiger partial charge in [-0.2, -0.15) is 5.10 Å². The Morgan fingerprint density at radius 2 is 1.70 bits per heavy atom. The van der Waals surface area contributed by atoms with Crippen LogP contribution in [-0.4, -0.2) is 49.0 Å². The Hall–Kier alpha value is -3.23. The van der Waals surface area contributed by atoms with E-state index in [1.54, 1.807) is 53.4 Å². The van der Waals surface area contributed by atoms with Crippen LogP contribution >= 0.6 is 11.6 Å². The molecule has 30 heavy (non-hydrogen) atoms. The lowest BCUT2D eigenvalue weighted by Crippen LogP contribution is -2.27. The van der Waals surface area contributed by atoms with Gasteiger partial charge in [-0.3, -0.25) is 14.4 Å². The van der Waals surface area contributed by atoms with Gasteiger partial charge in [-0.25, -0.2) is 5.01 Å². The molecule has 0 atom stereocenters. The topological polar surface area (TPSA) is 94.1 Å². The van der Waals surface area contributed by atoms with Gasteiger partial charge < -0.3 is 15.5 Å². The summed E-state index contributed by atoms with van der Waals surface area (Å²) in [5.74, 6) is -0.610. The lowest BCUT2D eigenvalue weighted by atomic mass is 10.2. The number of rotatable bonds is 7. The molecule has 0 saturated heterocycles. The standard InChI is InChI=1S/C21H22ClN5O3/c1-26(2)13-20(29)24-16-8-6-15(7-9-16)23-19(28)11-17-12-21(30)27(25-17)18-5-3-4-14(22)10-18/h3-10H,11-13H2,1-2H3,(H,23,28)(H,24,29). The third-order valence-electron chi connectivity index (χ3n) is 4.16. The molecule has 8 nitrogen and oxygen atoms in total. The molecule has 0 radical (unpaired) electrons. The smallest absolute Gasteiger partial charge is 0.253 e.